The maximum atomic E-state index is 12.7. The van der Waals surface area contributed by atoms with Gasteiger partial charge in [0.25, 0.3) is 11.8 Å². The van der Waals surface area contributed by atoms with E-state index in [1.165, 1.54) is 0 Å². The SMILES string of the molecule is CC(C)[C@H](NC(=O)c1ccc(C(C)(C)C)cc1)C(=O)OCC(=O)N1C[C@H](C)O[C@@H](C)C1. The molecular weight excluding hydrogens is 396 g/mol. The van der Waals surface area contributed by atoms with Gasteiger partial charge in [-0.05, 0) is 42.9 Å². The summed E-state index contributed by atoms with van der Waals surface area (Å²) in [4.78, 5) is 39.4. The van der Waals surface area contributed by atoms with Crippen LogP contribution in [0.15, 0.2) is 24.3 Å². The summed E-state index contributed by atoms with van der Waals surface area (Å²) in [6.07, 6.45) is -0.119. The lowest BCUT2D eigenvalue weighted by Crippen LogP contribution is -2.50. The van der Waals surface area contributed by atoms with Gasteiger partial charge in [-0.3, -0.25) is 9.59 Å². The molecule has 7 heteroatoms. The van der Waals surface area contributed by atoms with Gasteiger partial charge in [0.2, 0.25) is 0 Å². The summed E-state index contributed by atoms with van der Waals surface area (Å²) in [6.45, 7) is 14.3. The number of rotatable bonds is 6. The number of nitrogens with one attached hydrogen (secondary N) is 1. The van der Waals surface area contributed by atoms with E-state index in [2.05, 4.69) is 26.1 Å². The first-order valence-corrected chi connectivity index (χ1v) is 10.9. The maximum Gasteiger partial charge on any atom is 0.329 e. The fourth-order valence-electron chi connectivity index (χ4n) is 3.54. The topological polar surface area (TPSA) is 84.9 Å². The zero-order chi connectivity index (χ0) is 23.3. The number of carbonyl (C=O) groups is 3. The Labute approximate surface area is 185 Å². The lowest BCUT2D eigenvalue weighted by atomic mass is 9.86. The maximum absolute atomic E-state index is 12.7. The number of esters is 1. The molecule has 0 aliphatic carbocycles. The number of amides is 2. The minimum Gasteiger partial charge on any atom is -0.454 e. The average molecular weight is 433 g/mol. The predicted octanol–water partition coefficient (Wildman–Crippen LogP) is 2.92. The van der Waals surface area contributed by atoms with E-state index in [1.54, 1.807) is 17.0 Å². The van der Waals surface area contributed by atoms with E-state index in [0.29, 0.717) is 18.7 Å². The Balaban J connectivity index is 1.96. The fourth-order valence-corrected chi connectivity index (χ4v) is 3.54. The number of benzene rings is 1. The fraction of sp³-hybridized carbons (Fsp3) is 0.625. The van der Waals surface area contributed by atoms with E-state index in [9.17, 15) is 14.4 Å². The van der Waals surface area contributed by atoms with Crippen molar-refractivity contribution in [3.8, 4) is 0 Å². The van der Waals surface area contributed by atoms with E-state index >= 15 is 0 Å². The first-order valence-electron chi connectivity index (χ1n) is 10.9. The van der Waals surface area contributed by atoms with Crippen molar-refractivity contribution < 1.29 is 23.9 Å². The molecular formula is C24H36N2O5. The van der Waals surface area contributed by atoms with Gasteiger partial charge in [-0.25, -0.2) is 4.79 Å². The van der Waals surface area contributed by atoms with Gasteiger partial charge in [0.1, 0.15) is 6.04 Å². The van der Waals surface area contributed by atoms with Crippen molar-refractivity contribution in [3.63, 3.8) is 0 Å². The quantitative estimate of drug-likeness (QED) is 0.699. The van der Waals surface area contributed by atoms with Crippen LogP contribution in [0.2, 0.25) is 0 Å². The van der Waals surface area contributed by atoms with Crippen molar-refractivity contribution >= 4 is 17.8 Å². The van der Waals surface area contributed by atoms with Crippen LogP contribution in [0.5, 0.6) is 0 Å². The number of ether oxygens (including phenoxy) is 2. The molecule has 1 N–H and O–H groups in total. The first kappa shape index (κ1) is 24.9. The van der Waals surface area contributed by atoms with Crippen LogP contribution in [0.1, 0.15) is 64.4 Å². The standard InChI is InChI=1S/C24H36N2O5/c1-15(2)21(25-22(28)18-8-10-19(11-9-18)24(5,6)7)23(29)30-14-20(27)26-12-16(3)31-17(4)13-26/h8-11,15-17,21H,12-14H2,1-7H3,(H,25,28)/t16-,17-,21-/m0/s1. The summed E-state index contributed by atoms with van der Waals surface area (Å²) >= 11 is 0. The summed E-state index contributed by atoms with van der Waals surface area (Å²) in [5.41, 5.74) is 1.58. The highest BCUT2D eigenvalue weighted by Gasteiger charge is 2.30. The lowest BCUT2D eigenvalue weighted by Gasteiger charge is -2.35. The zero-order valence-electron chi connectivity index (χ0n) is 19.7. The molecule has 2 rings (SSSR count). The average Bonchev–Trinajstić information content (AvgIpc) is 2.68. The Bertz CT molecular complexity index is 772. The van der Waals surface area contributed by atoms with Crippen LogP contribution in [0, 0.1) is 5.92 Å². The largest absolute Gasteiger partial charge is 0.454 e. The van der Waals surface area contributed by atoms with Crippen LogP contribution in [-0.4, -0.2) is 60.6 Å². The highest BCUT2D eigenvalue weighted by molar-refractivity contribution is 5.97. The van der Waals surface area contributed by atoms with Gasteiger partial charge in [0.05, 0.1) is 12.2 Å². The Morgan fingerprint density at radius 2 is 1.65 bits per heavy atom. The molecule has 31 heavy (non-hydrogen) atoms. The van der Waals surface area contributed by atoms with E-state index < -0.39 is 12.0 Å². The normalized spacial score (nSPS) is 20.3. The van der Waals surface area contributed by atoms with Gasteiger partial charge in [0, 0.05) is 18.7 Å². The molecule has 3 atom stereocenters. The van der Waals surface area contributed by atoms with Crippen molar-refractivity contribution in [2.45, 2.75) is 72.1 Å². The molecule has 2 amide bonds. The number of hydrogen-bond acceptors (Lipinski definition) is 5. The molecule has 0 unspecified atom stereocenters. The van der Waals surface area contributed by atoms with Gasteiger partial charge < -0.3 is 19.7 Å². The van der Waals surface area contributed by atoms with E-state index in [4.69, 9.17) is 9.47 Å². The third-order valence-corrected chi connectivity index (χ3v) is 5.33. The van der Waals surface area contributed by atoms with Gasteiger partial charge in [0.15, 0.2) is 6.61 Å². The smallest absolute Gasteiger partial charge is 0.329 e. The van der Waals surface area contributed by atoms with Crippen LogP contribution in [0.25, 0.3) is 0 Å². The van der Waals surface area contributed by atoms with Gasteiger partial charge >= 0.3 is 5.97 Å². The minimum absolute atomic E-state index is 0.0120. The molecule has 1 fully saturated rings. The monoisotopic (exact) mass is 432 g/mol. The number of carbonyl (C=O) groups excluding carboxylic acids is 3. The van der Waals surface area contributed by atoms with Crippen molar-refractivity contribution in [3.05, 3.63) is 35.4 Å². The second-order valence-corrected chi connectivity index (χ2v) is 9.69. The first-order chi connectivity index (χ1) is 14.4. The number of morpholine rings is 1. The van der Waals surface area contributed by atoms with Gasteiger partial charge in [-0.15, -0.1) is 0 Å². The molecule has 0 aromatic heterocycles. The Hall–Kier alpha value is -2.41. The Morgan fingerprint density at radius 3 is 2.13 bits per heavy atom. The minimum atomic E-state index is -0.842. The highest BCUT2D eigenvalue weighted by Crippen LogP contribution is 2.22. The zero-order valence-corrected chi connectivity index (χ0v) is 19.7. The molecule has 0 radical (unpaired) electrons. The van der Waals surface area contributed by atoms with Crippen LogP contribution >= 0.6 is 0 Å². The molecule has 1 aromatic carbocycles. The molecule has 0 spiro atoms. The molecule has 1 aromatic rings. The summed E-state index contributed by atoms with van der Waals surface area (Å²) in [5, 5.41) is 2.75. The summed E-state index contributed by atoms with van der Waals surface area (Å²) in [5.74, 6) is -1.42. The second-order valence-electron chi connectivity index (χ2n) is 9.69. The number of hydrogen-bond donors (Lipinski definition) is 1. The Kier molecular flexibility index (Phi) is 8.23. The molecule has 172 valence electrons. The third kappa shape index (κ3) is 7.06. The van der Waals surface area contributed by atoms with Crippen LogP contribution in [-0.2, 0) is 24.5 Å². The molecule has 7 nitrogen and oxygen atoms in total. The summed E-state index contributed by atoms with van der Waals surface area (Å²) < 4.78 is 10.9. The predicted molar refractivity (Wildman–Crippen MR) is 119 cm³/mol. The highest BCUT2D eigenvalue weighted by atomic mass is 16.5. The number of nitrogens with zero attached hydrogens (tertiary/aromatic N) is 1. The third-order valence-electron chi connectivity index (χ3n) is 5.33. The Morgan fingerprint density at radius 1 is 1.10 bits per heavy atom. The molecule has 0 bridgehead atoms. The summed E-state index contributed by atoms with van der Waals surface area (Å²) in [7, 11) is 0. The van der Waals surface area contributed by atoms with Crippen LogP contribution in [0.3, 0.4) is 0 Å². The van der Waals surface area contributed by atoms with Gasteiger partial charge in [-0.2, -0.15) is 0 Å². The second kappa shape index (κ2) is 10.3. The van der Waals surface area contributed by atoms with Crippen LogP contribution in [0.4, 0.5) is 0 Å². The van der Waals surface area contributed by atoms with Crippen molar-refractivity contribution in [1.82, 2.24) is 10.2 Å². The van der Waals surface area contributed by atoms with E-state index in [1.807, 2.05) is 39.8 Å². The molecule has 1 heterocycles. The lowest BCUT2D eigenvalue weighted by molar-refractivity contribution is -0.159. The van der Waals surface area contributed by atoms with Crippen molar-refractivity contribution in [2.75, 3.05) is 19.7 Å². The summed E-state index contributed by atoms with van der Waals surface area (Å²) in [6, 6.07) is 6.50. The molecule has 0 saturated carbocycles. The molecule has 1 saturated heterocycles. The molecule has 1 aliphatic heterocycles. The molecule has 1 aliphatic rings. The van der Waals surface area contributed by atoms with E-state index in [-0.39, 0.29) is 42.0 Å². The van der Waals surface area contributed by atoms with Gasteiger partial charge in [-0.1, -0.05) is 46.8 Å². The van der Waals surface area contributed by atoms with Crippen molar-refractivity contribution in [2.24, 2.45) is 5.92 Å². The van der Waals surface area contributed by atoms with E-state index in [0.717, 1.165) is 5.56 Å². The van der Waals surface area contributed by atoms with Crippen molar-refractivity contribution in [1.29, 1.82) is 0 Å². The van der Waals surface area contributed by atoms with Crippen LogP contribution < -0.4 is 5.32 Å².